The molecule has 16 heavy (non-hydrogen) atoms. The Morgan fingerprint density at radius 1 is 1.38 bits per heavy atom. The molecule has 0 aliphatic heterocycles. The van der Waals surface area contributed by atoms with Gasteiger partial charge in [-0.3, -0.25) is 0 Å². The highest BCUT2D eigenvalue weighted by Gasteiger charge is 2.09. The van der Waals surface area contributed by atoms with E-state index in [2.05, 4.69) is 10.3 Å². The monoisotopic (exact) mass is 219 g/mol. The molecule has 0 aliphatic rings. The fraction of sp³-hybridized carbons (Fsp3) is 0.273. The second-order valence-electron chi connectivity index (χ2n) is 3.28. The van der Waals surface area contributed by atoms with Crippen LogP contribution in [0.5, 0.6) is 5.75 Å². The molecule has 2 rings (SSSR count). The Hall–Kier alpha value is -1.88. The van der Waals surface area contributed by atoms with E-state index in [-0.39, 0.29) is 6.61 Å². The largest absolute Gasteiger partial charge is 0.494 e. The van der Waals surface area contributed by atoms with Crippen molar-refractivity contribution < 1.29 is 9.84 Å². The zero-order valence-electron chi connectivity index (χ0n) is 9.00. The number of rotatable bonds is 4. The minimum absolute atomic E-state index is 0.0719. The molecule has 5 heteroatoms. The summed E-state index contributed by atoms with van der Waals surface area (Å²) < 4.78 is 6.93. The van der Waals surface area contributed by atoms with Crippen LogP contribution in [0.4, 0.5) is 0 Å². The Morgan fingerprint density at radius 3 is 2.94 bits per heavy atom. The summed E-state index contributed by atoms with van der Waals surface area (Å²) in [6.45, 7) is 0.0719. The molecule has 5 nitrogen and oxygen atoms in total. The first-order valence-corrected chi connectivity index (χ1v) is 5.00. The molecular weight excluding hydrogens is 206 g/mol. The molecule has 0 unspecified atom stereocenters. The highest BCUT2D eigenvalue weighted by Crippen LogP contribution is 2.22. The maximum Gasteiger partial charge on any atom is 0.144 e. The van der Waals surface area contributed by atoms with Gasteiger partial charge in [0.25, 0.3) is 0 Å². The van der Waals surface area contributed by atoms with Gasteiger partial charge in [0.2, 0.25) is 0 Å². The third-order valence-electron chi connectivity index (χ3n) is 2.30. The van der Waals surface area contributed by atoms with E-state index in [9.17, 15) is 0 Å². The van der Waals surface area contributed by atoms with Crippen molar-refractivity contribution >= 4 is 0 Å². The van der Waals surface area contributed by atoms with E-state index in [4.69, 9.17) is 9.84 Å². The first kappa shape index (κ1) is 10.6. The van der Waals surface area contributed by atoms with Crippen molar-refractivity contribution in [3.05, 3.63) is 36.2 Å². The first-order valence-electron chi connectivity index (χ1n) is 5.00. The third kappa shape index (κ3) is 1.90. The fourth-order valence-electron chi connectivity index (χ4n) is 1.55. The van der Waals surface area contributed by atoms with Crippen molar-refractivity contribution in [1.29, 1.82) is 0 Å². The van der Waals surface area contributed by atoms with Gasteiger partial charge in [0.1, 0.15) is 11.4 Å². The van der Waals surface area contributed by atoms with Crippen LogP contribution in [0.25, 0.3) is 5.69 Å². The van der Waals surface area contributed by atoms with E-state index >= 15 is 0 Å². The molecule has 1 heterocycles. The van der Waals surface area contributed by atoms with Crippen molar-refractivity contribution in [2.75, 3.05) is 13.7 Å². The predicted octanol–water partition coefficient (Wildman–Crippen LogP) is 0.811. The Labute approximate surface area is 93.3 Å². The predicted molar refractivity (Wildman–Crippen MR) is 58.7 cm³/mol. The highest BCUT2D eigenvalue weighted by atomic mass is 16.5. The number of hydrogen-bond acceptors (Lipinski definition) is 4. The van der Waals surface area contributed by atoms with Gasteiger partial charge in [-0.2, -0.15) is 0 Å². The maximum absolute atomic E-state index is 8.94. The van der Waals surface area contributed by atoms with E-state index in [0.717, 1.165) is 17.1 Å². The van der Waals surface area contributed by atoms with Gasteiger partial charge in [-0.25, -0.2) is 4.68 Å². The van der Waals surface area contributed by atoms with Gasteiger partial charge in [-0.1, -0.05) is 17.3 Å². The van der Waals surface area contributed by atoms with Crippen LogP contribution in [0, 0.1) is 0 Å². The number of methoxy groups -OCH3 is 1. The van der Waals surface area contributed by atoms with Crippen LogP contribution >= 0.6 is 0 Å². The van der Waals surface area contributed by atoms with Crippen molar-refractivity contribution in [2.24, 2.45) is 0 Å². The molecule has 0 fully saturated rings. The van der Waals surface area contributed by atoms with Crippen molar-refractivity contribution in [3.63, 3.8) is 0 Å². The minimum Gasteiger partial charge on any atom is -0.494 e. The van der Waals surface area contributed by atoms with Gasteiger partial charge >= 0.3 is 0 Å². The molecule has 0 saturated heterocycles. The van der Waals surface area contributed by atoms with Crippen LogP contribution in [0.1, 0.15) is 5.69 Å². The molecule has 1 aromatic heterocycles. The van der Waals surface area contributed by atoms with E-state index in [1.54, 1.807) is 18.0 Å². The number of ether oxygens (including phenoxy) is 1. The van der Waals surface area contributed by atoms with Gasteiger partial charge in [0, 0.05) is 13.0 Å². The lowest BCUT2D eigenvalue weighted by Crippen LogP contribution is -2.05. The van der Waals surface area contributed by atoms with E-state index in [0.29, 0.717) is 6.42 Å². The summed E-state index contributed by atoms with van der Waals surface area (Å²) in [6.07, 6.45) is 2.16. The summed E-state index contributed by atoms with van der Waals surface area (Å²) in [6, 6.07) is 7.56. The van der Waals surface area contributed by atoms with Crippen molar-refractivity contribution in [1.82, 2.24) is 15.0 Å². The summed E-state index contributed by atoms with van der Waals surface area (Å²) in [5.74, 6) is 0.729. The van der Waals surface area contributed by atoms with Crippen LogP contribution < -0.4 is 4.74 Å². The third-order valence-corrected chi connectivity index (χ3v) is 2.30. The second-order valence-corrected chi connectivity index (χ2v) is 3.28. The summed E-state index contributed by atoms with van der Waals surface area (Å²) >= 11 is 0. The number of para-hydroxylation sites is 2. The van der Waals surface area contributed by atoms with E-state index in [1.165, 1.54) is 0 Å². The Bertz CT molecular complexity index is 468. The lowest BCUT2D eigenvalue weighted by Gasteiger charge is -2.09. The van der Waals surface area contributed by atoms with Crippen LogP contribution in [0.2, 0.25) is 0 Å². The van der Waals surface area contributed by atoms with Crippen LogP contribution in [0.3, 0.4) is 0 Å². The van der Waals surface area contributed by atoms with Crippen molar-refractivity contribution in [3.8, 4) is 11.4 Å². The quantitative estimate of drug-likeness (QED) is 0.826. The maximum atomic E-state index is 8.94. The zero-order valence-corrected chi connectivity index (χ0v) is 9.00. The average molecular weight is 219 g/mol. The standard InChI is InChI=1S/C11H13N3O2/c1-16-11-5-3-2-4-10(11)14-9(6-7-15)8-12-13-14/h2-5,8,15H,6-7H2,1H3. The highest BCUT2D eigenvalue weighted by molar-refractivity contribution is 5.46. The summed E-state index contributed by atoms with van der Waals surface area (Å²) in [7, 11) is 1.61. The van der Waals surface area contributed by atoms with Gasteiger partial charge in [0.15, 0.2) is 0 Å². The van der Waals surface area contributed by atoms with Gasteiger partial charge in [0.05, 0.1) is 19.0 Å². The molecule has 1 aromatic carbocycles. The number of aliphatic hydroxyl groups excluding tert-OH is 1. The molecule has 0 spiro atoms. The molecule has 1 N–H and O–H groups in total. The summed E-state index contributed by atoms with van der Waals surface area (Å²) in [5, 5.41) is 16.8. The molecule has 0 saturated carbocycles. The lowest BCUT2D eigenvalue weighted by molar-refractivity contribution is 0.297. The summed E-state index contributed by atoms with van der Waals surface area (Å²) in [4.78, 5) is 0. The normalized spacial score (nSPS) is 10.4. The molecule has 0 atom stereocenters. The number of aromatic nitrogens is 3. The van der Waals surface area contributed by atoms with Crippen LogP contribution in [0.15, 0.2) is 30.5 Å². The lowest BCUT2D eigenvalue weighted by atomic mass is 10.2. The molecule has 0 bridgehead atoms. The van der Waals surface area contributed by atoms with Gasteiger partial charge in [-0.15, -0.1) is 5.10 Å². The smallest absolute Gasteiger partial charge is 0.144 e. The molecule has 84 valence electrons. The first-order chi connectivity index (χ1) is 7.86. The van der Waals surface area contributed by atoms with Crippen molar-refractivity contribution in [2.45, 2.75) is 6.42 Å². The average Bonchev–Trinajstić information content (AvgIpc) is 2.77. The number of benzene rings is 1. The van der Waals surface area contributed by atoms with E-state index in [1.807, 2.05) is 24.3 Å². The molecule has 0 amide bonds. The number of hydrogen-bond donors (Lipinski definition) is 1. The van der Waals surface area contributed by atoms with Crippen LogP contribution in [-0.4, -0.2) is 33.8 Å². The Kier molecular flexibility index (Phi) is 3.16. The molecule has 0 radical (unpaired) electrons. The summed E-state index contributed by atoms with van der Waals surface area (Å²) in [5.41, 5.74) is 1.68. The fourth-order valence-corrected chi connectivity index (χ4v) is 1.55. The SMILES string of the molecule is COc1ccccc1-n1nncc1CCO. The van der Waals surface area contributed by atoms with Crippen LogP contribution in [-0.2, 0) is 6.42 Å². The topological polar surface area (TPSA) is 60.2 Å². The van der Waals surface area contributed by atoms with E-state index < -0.39 is 0 Å². The number of nitrogens with zero attached hydrogens (tertiary/aromatic N) is 3. The Balaban J connectivity index is 2.45. The Morgan fingerprint density at radius 2 is 2.19 bits per heavy atom. The number of aliphatic hydroxyl groups is 1. The molecule has 2 aromatic rings. The molecular formula is C11H13N3O2. The minimum atomic E-state index is 0.0719. The molecule has 0 aliphatic carbocycles. The van der Waals surface area contributed by atoms with Gasteiger partial charge < -0.3 is 9.84 Å². The van der Waals surface area contributed by atoms with Gasteiger partial charge in [-0.05, 0) is 12.1 Å². The zero-order chi connectivity index (χ0) is 11.4. The second kappa shape index (κ2) is 4.76.